The third-order valence-electron chi connectivity index (χ3n) is 2.82. The molecule has 0 bridgehead atoms. The van der Waals surface area contributed by atoms with Gasteiger partial charge in [0, 0.05) is 15.9 Å². The van der Waals surface area contributed by atoms with Gasteiger partial charge in [-0.2, -0.15) is 0 Å². The van der Waals surface area contributed by atoms with Crippen LogP contribution in [0.25, 0.3) is 0 Å². The second-order valence-electron chi connectivity index (χ2n) is 4.31. The predicted octanol–water partition coefficient (Wildman–Crippen LogP) is 2.49. The first-order valence-corrected chi connectivity index (χ1v) is 9.23. The predicted molar refractivity (Wildman–Crippen MR) is 85.2 cm³/mol. The maximum Gasteiger partial charge on any atom is 0.238 e. The van der Waals surface area contributed by atoms with E-state index in [4.69, 9.17) is 5.14 Å². The molecular formula is C13H15BrN2O2S2. The van der Waals surface area contributed by atoms with Gasteiger partial charge in [0.2, 0.25) is 10.0 Å². The highest BCUT2D eigenvalue weighted by atomic mass is 79.9. The maximum absolute atomic E-state index is 11.1. The number of sulfonamides is 1. The van der Waals surface area contributed by atoms with Crippen LogP contribution in [0.3, 0.4) is 0 Å². The summed E-state index contributed by atoms with van der Waals surface area (Å²) >= 11 is 5.20. The molecule has 7 heteroatoms. The van der Waals surface area contributed by atoms with Gasteiger partial charge in [0.1, 0.15) is 0 Å². The summed E-state index contributed by atoms with van der Waals surface area (Å²) < 4.78 is 23.4. The SMILES string of the molecule is NS(=O)(=O)c1ccc(CCNCc2sccc2Br)cc1. The van der Waals surface area contributed by atoms with Gasteiger partial charge in [-0.15, -0.1) is 11.3 Å². The molecule has 0 saturated heterocycles. The minimum atomic E-state index is -3.60. The van der Waals surface area contributed by atoms with E-state index in [1.807, 2.05) is 11.4 Å². The molecule has 3 N–H and O–H groups in total. The number of halogens is 1. The Labute approximate surface area is 131 Å². The average molecular weight is 375 g/mol. The molecule has 0 saturated carbocycles. The van der Waals surface area contributed by atoms with E-state index in [1.54, 1.807) is 35.6 Å². The van der Waals surface area contributed by atoms with E-state index in [1.165, 1.54) is 4.88 Å². The first kappa shape index (κ1) is 15.7. The number of nitrogens with one attached hydrogen (secondary N) is 1. The lowest BCUT2D eigenvalue weighted by molar-refractivity contribution is 0.597. The highest BCUT2D eigenvalue weighted by Gasteiger charge is 2.06. The zero-order valence-electron chi connectivity index (χ0n) is 10.7. The molecule has 1 aromatic heterocycles. The Morgan fingerprint density at radius 3 is 2.45 bits per heavy atom. The fourth-order valence-corrected chi connectivity index (χ4v) is 3.71. The summed E-state index contributed by atoms with van der Waals surface area (Å²) in [6.45, 7) is 1.66. The van der Waals surface area contributed by atoms with Gasteiger partial charge in [-0.1, -0.05) is 12.1 Å². The molecule has 108 valence electrons. The number of hydrogen-bond acceptors (Lipinski definition) is 4. The Balaban J connectivity index is 1.81. The first-order chi connectivity index (χ1) is 9.47. The van der Waals surface area contributed by atoms with E-state index >= 15 is 0 Å². The first-order valence-electron chi connectivity index (χ1n) is 6.01. The summed E-state index contributed by atoms with van der Waals surface area (Å²) in [5, 5.41) is 10.5. The molecule has 0 atom stereocenters. The smallest absolute Gasteiger partial charge is 0.238 e. The van der Waals surface area contributed by atoms with Crippen molar-refractivity contribution in [1.82, 2.24) is 5.32 Å². The molecule has 0 amide bonds. The Bertz CT molecular complexity index is 666. The van der Waals surface area contributed by atoms with Crippen molar-refractivity contribution in [2.24, 2.45) is 5.14 Å². The van der Waals surface area contributed by atoms with Gasteiger partial charge >= 0.3 is 0 Å². The molecule has 20 heavy (non-hydrogen) atoms. The Morgan fingerprint density at radius 2 is 1.90 bits per heavy atom. The van der Waals surface area contributed by atoms with E-state index < -0.39 is 10.0 Å². The molecule has 0 spiro atoms. The normalized spacial score (nSPS) is 11.7. The fraction of sp³-hybridized carbons (Fsp3) is 0.231. The maximum atomic E-state index is 11.1. The topological polar surface area (TPSA) is 72.2 Å². The molecule has 0 aliphatic rings. The van der Waals surface area contributed by atoms with Crippen molar-refractivity contribution in [3.05, 3.63) is 50.6 Å². The van der Waals surface area contributed by atoms with Crippen molar-refractivity contribution in [1.29, 1.82) is 0 Å². The van der Waals surface area contributed by atoms with Crippen molar-refractivity contribution < 1.29 is 8.42 Å². The number of nitrogens with two attached hydrogens (primary N) is 1. The lowest BCUT2D eigenvalue weighted by Gasteiger charge is -2.05. The lowest BCUT2D eigenvalue weighted by Crippen LogP contribution is -2.16. The summed E-state index contributed by atoms with van der Waals surface area (Å²) in [6.07, 6.45) is 0.841. The van der Waals surface area contributed by atoms with Crippen LogP contribution in [0.2, 0.25) is 0 Å². The van der Waals surface area contributed by atoms with Crippen LogP contribution >= 0.6 is 27.3 Å². The second-order valence-corrected chi connectivity index (χ2v) is 7.72. The molecule has 0 fully saturated rings. The molecule has 0 aliphatic carbocycles. The molecule has 2 rings (SSSR count). The van der Waals surface area contributed by atoms with Crippen LogP contribution in [-0.2, 0) is 23.0 Å². The van der Waals surface area contributed by atoms with Crippen molar-refractivity contribution in [2.45, 2.75) is 17.9 Å². The van der Waals surface area contributed by atoms with Crippen LogP contribution in [0.15, 0.2) is 45.1 Å². The Morgan fingerprint density at radius 1 is 1.20 bits per heavy atom. The van der Waals surface area contributed by atoms with E-state index in [0.29, 0.717) is 0 Å². The lowest BCUT2D eigenvalue weighted by atomic mass is 10.1. The van der Waals surface area contributed by atoms with Gasteiger partial charge < -0.3 is 5.32 Å². The van der Waals surface area contributed by atoms with Gasteiger partial charge in [-0.05, 0) is 58.0 Å². The van der Waals surface area contributed by atoms with E-state index in [2.05, 4.69) is 21.2 Å². The van der Waals surface area contributed by atoms with Crippen molar-refractivity contribution >= 4 is 37.3 Å². The van der Waals surface area contributed by atoms with Gasteiger partial charge in [0.05, 0.1) is 4.90 Å². The average Bonchev–Trinajstić information content (AvgIpc) is 2.80. The van der Waals surface area contributed by atoms with E-state index in [-0.39, 0.29) is 4.90 Å². The summed E-state index contributed by atoms with van der Waals surface area (Å²) in [7, 11) is -3.60. The van der Waals surface area contributed by atoms with Crippen molar-refractivity contribution in [3.63, 3.8) is 0 Å². The summed E-state index contributed by atoms with van der Waals surface area (Å²) in [4.78, 5) is 1.42. The van der Waals surface area contributed by atoms with Gasteiger partial charge in [0.15, 0.2) is 0 Å². The molecule has 0 unspecified atom stereocenters. The second kappa shape index (κ2) is 6.82. The molecule has 1 heterocycles. The fourth-order valence-electron chi connectivity index (χ4n) is 1.73. The van der Waals surface area contributed by atoms with Crippen LogP contribution in [0, 0.1) is 0 Å². The number of rotatable bonds is 6. The molecular weight excluding hydrogens is 360 g/mol. The molecule has 0 aliphatic heterocycles. The van der Waals surface area contributed by atoms with Gasteiger partial charge in [0.25, 0.3) is 0 Å². The monoisotopic (exact) mass is 374 g/mol. The minimum absolute atomic E-state index is 0.150. The summed E-state index contributed by atoms with van der Waals surface area (Å²) in [5.74, 6) is 0. The van der Waals surface area contributed by atoms with E-state index in [9.17, 15) is 8.42 Å². The number of primary sulfonamides is 1. The van der Waals surface area contributed by atoms with Crippen LogP contribution in [-0.4, -0.2) is 15.0 Å². The summed E-state index contributed by atoms with van der Waals surface area (Å²) in [5.41, 5.74) is 1.08. The van der Waals surface area contributed by atoms with Crippen LogP contribution in [0.1, 0.15) is 10.4 Å². The molecule has 4 nitrogen and oxygen atoms in total. The molecule has 1 aromatic carbocycles. The van der Waals surface area contributed by atoms with Gasteiger partial charge in [-0.25, -0.2) is 13.6 Å². The standard InChI is InChI=1S/C13H15BrN2O2S2/c14-12-6-8-19-13(12)9-16-7-5-10-1-3-11(4-2-10)20(15,17)18/h1-4,6,8,16H,5,7,9H2,(H2,15,17,18). The largest absolute Gasteiger partial charge is 0.311 e. The number of thiophene rings is 1. The third-order valence-corrected chi connectivity index (χ3v) is 5.67. The number of hydrogen-bond donors (Lipinski definition) is 2. The molecule has 2 aromatic rings. The highest BCUT2D eigenvalue weighted by Crippen LogP contribution is 2.22. The zero-order chi connectivity index (χ0) is 14.6. The Kier molecular flexibility index (Phi) is 5.34. The third kappa shape index (κ3) is 4.39. The van der Waals surface area contributed by atoms with Gasteiger partial charge in [-0.3, -0.25) is 0 Å². The quantitative estimate of drug-likeness (QED) is 0.762. The molecule has 0 radical (unpaired) electrons. The van der Waals surface area contributed by atoms with Crippen molar-refractivity contribution in [2.75, 3.05) is 6.54 Å². The van der Waals surface area contributed by atoms with Crippen LogP contribution in [0.4, 0.5) is 0 Å². The summed E-state index contributed by atoms with van der Waals surface area (Å²) in [6, 6.07) is 8.71. The minimum Gasteiger partial charge on any atom is -0.311 e. The van der Waals surface area contributed by atoms with E-state index in [0.717, 1.165) is 29.5 Å². The van der Waals surface area contributed by atoms with Crippen LogP contribution in [0.5, 0.6) is 0 Å². The Hall–Kier alpha value is -0.730. The zero-order valence-corrected chi connectivity index (χ0v) is 13.9. The van der Waals surface area contributed by atoms with Crippen LogP contribution < -0.4 is 10.5 Å². The van der Waals surface area contributed by atoms with Crippen molar-refractivity contribution in [3.8, 4) is 0 Å². The number of benzene rings is 1. The highest BCUT2D eigenvalue weighted by molar-refractivity contribution is 9.10.